The topological polar surface area (TPSA) is 37.4 Å². The van der Waals surface area contributed by atoms with E-state index in [1.165, 1.54) is 11.3 Å². The Morgan fingerprint density at radius 2 is 1.68 bits per heavy atom. The Morgan fingerprint density at radius 3 is 2.27 bits per heavy atom. The molecule has 2 heterocycles. The number of rotatable bonds is 4. The maximum absolute atomic E-state index is 5.94. The first-order valence-electron chi connectivity index (χ1n) is 7.83. The van der Waals surface area contributed by atoms with Gasteiger partial charge in [0.15, 0.2) is 0 Å². The van der Waals surface area contributed by atoms with Crippen LogP contribution in [-0.4, -0.2) is 38.3 Å². The van der Waals surface area contributed by atoms with Gasteiger partial charge in [0.25, 0.3) is 0 Å². The van der Waals surface area contributed by atoms with E-state index in [4.69, 9.17) is 4.74 Å². The van der Waals surface area contributed by atoms with Crippen molar-refractivity contribution in [1.29, 1.82) is 0 Å². The Bertz CT molecular complexity index is 587. The first-order valence-corrected chi connectivity index (χ1v) is 7.83. The minimum absolute atomic E-state index is 0.291. The SMILES string of the molecule is CN(C)c1ccc(-c2ccc(OC3CCNCC3)nc2)cc1. The summed E-state index contributed by atoms with van der Waals surface area (Å²) in [7, 11) is 4.09. The minimum atomic E-state index is 0.291. The Labute approximate surface area is 132 Å². The number of aromatic nitrogens is 1. The maximum Gasteiger partial charge on any atom is 0.213 e. The minimum Gasteiger partial charge on any atom is -0.474 e. The number of benzene rings is 1. The van der Waals surface area contributed by atoms with Crippen molar-refractivity contribution in [3.05, 3.63) is 42.6 Å². The van der Waals surface area contributed by atoms with Gasteiger partial charge in [0, 0.05) is 37.6 Å². The molecule has 1 N–H and O–H groups in total. The molecule has 1 aliphatic rings. The number of ether oxygens (including phenoxy) is 1. The molecule has 1 aliphatic heterocycles. The molecule has 1 fully saturated rings. The van der Waals surface area contributed by atoms with Gasteiger partial charge in [-0.25, -0.2) is 4.98 Å². The molecule has 1 saturated heterocycles. The van der Waals surface area contributed by atoms with Crippen molar-refractivity contribution in [1.82, 2.24) is 10.3 Å². The highest BCUT2D eigenvalue weighted by Gasteiger charge is 2.14. The van der Waals surface area contributed by atoms with Crippen LogP contribution in [0.2, 0.25) is 0 Å². The van der Waals surface area contributed by atoms with E-state index < -0.39 is 0 Å². The highest BCUT2D eigenvalue weighted by atomic mass is 16.5. The van der Waals surface area contributed by atoms with Crippen LogP contribution in [-0.2, 0) is 0 Å². The van der Waals surface area contributed by atoms with Crippen LogP contribution >= 0.6 is 0 Å². The number of piperidine rings is 1. The monoisotopic (exact) mass is 297 g/mol. The first-order chi connectivity index (χ1) is 10.7. The van der Waals surface area contributed by atoms with E-state index in [0.717, 1.165) is 37.4 Å². The summed E-state index contributed by atoms with van der Waals surface area (Å²) in [6.45, 7) is 2.06. The Balaban J connectivity index is 1.67. The summed E-state index contributed by atoms with van der Waals surface area (Å²) in [5, 5.41) is 3.34. The molecule has 0 atom stereocenters. The number of anilines is 1. The molecular formula is C18H23N3O. The number of nitrogens with zero attached hydrogens (tertiary/aromatic N) is 2. The van der Waals surface area contributed by atoms with Crippen molar-refractivity contribution >= 4 is 5.69 Å². The van der Waals surface area contributed by atoms with Crippen LogP contribution in [0.5, 0.6) is 5.88 Å². The Kier molecular flexibility index (Phi) is 4.59. The van der Waals surface area contributed by atoms with E-state index in [1.54, 1.807) is 0 Å². The number of hydrogen-bond acceptors (Lipinski definition) is 4. The third-order valence-corrected chi connectivity index (χ3v) is 4.03. The number of nitrogens with one attached hydrogen (secondary N) is 1. The van der Waals surface area contributed by atoms with Gasteiger partial charge in [-0.15, -0.1) is 0 Å². The molecule has 0 spiro atoms. The molecule has 4 nitrogen and oxygen atoms in total. The lowest BCUT2D eigenvalue weighted by Crippen LogP contribution is -2.34. The summed E-state index contributed by atoms with van der Waals surface area (Å²) < 4.78 is 5.94. The molecule has 0 amide bonds. The highest BCUT2D eigenvalue weighted by Crippen LogP contribution is 2.23. The van der Waals surface area contributed by atoms with Gasteiger partial charge < -0.3 is 15.0 Å². The molecule has 3 rings (SSSR count). The van der Waals surface area contributed by atoms with Gasteiger partial charge in [0.2, 0.25) is 5.88 Å². The molecule has 116 valence electrons. The molecule has 0 radical (unpaired) electrons. The molecule has 22 heavy (non-hydrogen) atoms. The summed E-state index contributed by atoms with van der Waals surface area (Å²) in [4.78, 5) is 6.55. The molecule has 0 unspecified atom stereocenters. The lowest BCUT2D eigenvalue weighted by atomic mass is 10.1. The fourth-order valence-corrected chi connectivity index (χ4v) is 2.66. The zero-order valence-electron chi connectivity index (χ0n) is 13.2. The molecule has 4 heteroatoms. The van der Waals surface area contributed by atoms with Crippen molar-refractivity contribution in [3.8, 4) is 17.0 Å². The van der Waals surface area contributed by atoms with Gasteiger partial charge in [-0.1, -0.05) is 12.1 Å². The molecule has 1 aromatic heterocycles. The van der Waals surface area contributed by atoms with E-state index >= 15 is 0 Å². The van der Waals surface area contributed by atoms with Crippen LogP contribution in [0.3, 0.4) is 0 Å². The Morgan fingerprint density at radius 1 is 1.00 bits per heavy atom. The molecular weight excluding hydrogens is 274 g/mol. The van der Waals surface area contributed by atoms with Crippen molar-refractivity contribution in [2.24, 2.45) is 0 Å². The average molecular weight is 297 g/mol. The summed E-state index contributed by atoms with van der Waals surface area (Å²) in [5.74, 6) is 0.723. The zero-order valence-corrected chi connectivity index (χ0v) is 13.2. The smallest absolute Gasteiger partial charge is 0.213 e. The van der Waals surface area contributed by atoms with Gasteiger partial charge in [0.1, 0.15) is 6.10 Å². The van der Waals surface area contributed by atoms with Gasteiger partial charge in [-0.3, -0.25) is 0 Å². The van der Waals surface area contributed by atoms with E-state index in [0.29, 0.717) is 6.10 Å². The van der Waals surface area contributed by atoms with Gasteiger partial charge in [-0.2, -0.15) is 0 Å². The summed E-state index contributed by atoms with van der Waals surface area (Å²) in [6, 6.07) is 12.5. The molecule has 2 aromatic rings. The third kappa shape index (κ3) is 3.57. The van der Waals surface area contributed by atoms with Gasteiger partial charge in [-0.05, 0) is 49.7 Å². The van der Waals surface area contributed by atoms with Gasteiger partial charge in [0.05, 0.1) is 0 Å². The van der Waals surface area contributed by atoms with E-state index in [-0.39, 0.29) is 0 Å². The molecule has 0 aliphatic carbocycles. The normalized spacial score (nSPS) is 15.5. The summed E-state index contributed by atoms with van der Waals surface area (Å²) >= 11 is 0. The van der Waals surface area contributed by atoms with Crippen molar-refractivity contribution in [2.75, 3.05) is 32.1 Å². The third-order valence-electron chi connectivity index (χ3n) is 4.03. The second-order valence-electron chi connectivity index (χ2n) is 5.89. The van der Waals surface area contributed by atoms with Gasteiger partial charge >= 0.3 is 0 Å². The van der Waals surface area contributed by atoms with Crippen LogP contribution in [0.25, 0.3) is 11.1 Å². The van der Waals surface area contributed by atoms with Crippen LogP contribution < -0.4 is 15.0 Å². The largest absolute Gasteiger partial charge is 0.474 e. The van der Waals surface area contributed by atoms with Crippen LogP contribution in [0.1, 0.15) is 12.8 Å². The average Bonchev–Trinajstić information content (AvgIpc) is 2.57. The summed E-state index contributed by atoms with van der Waals surface area (Å²) in [5.41, 5.74) is 3.48. The molecule has 1 aromatic carbocycles. The number of hydrogen-bond donors (Lipinski definition) is 1. The van der Waals surface area contributed by atoms with Crippen molar-refractivity contribution in [3.63, 3.8) is 0 Å². The fraction of sp³-hybridized carbons (Fsp3) is 0.389. The fourth-order valence-electron chi connectivity index (χ4n) is 2.66. The predicted molar refractivity (Wildman–Crippen MR) is 90.5 cm³/mol. The van der Waals surface area contributed by atoms with Crippen LogP contribution in [0.4, 0.5) is 5.69 Å². The lowest BCUT2D eigenvalue weighted by Gasteiger charge is -2.23. The second-order valence-corrected chi connectivity index (χ2v) is 5.89. The van der Waals surface area contributed by atoms with E-state index in [9.17, 15) is 0 Å². The second kappa shape index (κ2) is 6.79. The van der Waals surface area contributed by atoms with E-state index in [1.807, 2.05) is 26.4 Å². The van der Waals surface area contributed by atoms with E-state index in [2.05, 4.69) is 45.5 Å². The molecule has 0 saturated carbocycles. The Hall–Kier alpha value is -2.07. The first kappa shape index (κ1) is 14.9. The van der Waals surface area contributed by atoms with Crippen LogP contribution in [0, 0.1) is 0 Å². The van der Waals surface area contributed by atoms with Crippen LogP contribution in [0.15, 0.2) is 42.6 Å². The van der Waals surface area contributed by atoms with Crippen molar-refractivity contribution < 1.29 is 4.74 Å². The highest BCUT2D eigenvalue weighted by molar-refractivity contribution is 5.65. The quantitative estimate of drug-likeness (QED) is 0.941. The summed E-state index contributed by atoms with van der Waals surface area (Å²) in [6.07, 6.45) is 4.28. The van der Waals surface area contributed by atoms with Crippen molar-refractivity contribution in [2.45, 2.75) is 18.9 Å². The lowest BCUT2D eigenvalue weighted by molar-refractivity contribution is 0.156. The maximum atomic E-state index is 5.94. The molecule has 0 bridgehead atoms. The zero-order chi connectivity index (χ0) is 15.4. The standard InChI is InChI=1S/C18H23N3O/c1-21(2)16-6-3-14(4-7-16)15-5-8-18(20-13-15)22-17-9-11-19-12-10-17/h3-8,13,17,19H,9-12H2,1-2H3. The predicted octanol–water partition coefficient (Wildman–Crippen LogP) is 2.95. The number of pyridine rings is 1.